The molecule has 3 atom stereocenters. The number of aromatic nitrogens is 2. The van der Waals surface area contributed by atoms with E-state index in [9.17, 15) is 9.59 Å². The van der Waals surface area contributed by atoms with Crippen LogP contribution in [0.4, 0.5) is 0 Å². The molecule has 0 saturated carbocycles. The fourth-order valence-corrected chi connectivity index (χ4v) is 5.14. The van der Waals surface area contributed by atoms with E-state index >= 15 is 0 Å². The molecule has 0 spiro atoms. The number of carbonyl (C=O) groups excluding carboxylic acids is 2. The Bertz CT molecular complexity index is 821. The molecule has 0 radical (unpaired) electrons. The lowest BCUT2D eigenvalue weighted by Crippen LogP contribution is -2.60. The second-order valence-corrected chi connectivity index (χ2v) is 8.18. The van der Waals surface area contributed by atoms with Crippen LogP contribution in [0, 0.1) is 0 Å². The van der Waals surface area contributed by atoms with Crippen molar-refractivity contribution in [2.24, 2.45) is 0 Å². The van der Waals surface area contributed by atoms with Crippen molar-refractivity contribution in [3.8, 4) is 0 Å². The molecule has 4 rings (SSSR count). The van der Waals surface area contributed by atoms with Gasteiger partial charge >= 0.3 is 0 Å². The van der Waals surface area contributed by atoms with Gasteiger partial charge in [-0.2, -0.15) is 5.10 Å². The van der Waals surface area contributed by atoms with Gasteiger partial charge in [-0.15, -0.1) is 0 Å². The number of likely N-dealkylation sites (tertiary alicyclic amines) is 2. The number of hydrogen-bond acceptors (Lipinski definition) is 3. The lowest BCUT2D eigenvalue weighted by atomic mass is 9.78. The number of amides is 2. The number of piperidine rings is 1. The second-order valence-electron chi connectivity index (χ2n) is 8.18. The molecule has 6 nitrogen and oxygen atoms in total. The number of benzene rings is 1. The molecule has 0 N–H and O–H groups in total. The summed E-state index contributed by atoms with van der Waals surface area (Å²) in [5.41, 5.74) is 1.28. The van der Waals surface area contributed by atoms with E-state index in [1.807, 2.05) is 27.9 Å². The van der Waals surface area contributed by atoms with Gasteiger partial charge in [-0.1, -0.05) is 30.3 Å². The minimum atomic E-state index is 0.0441. The molecule has 0 bridgehead atoms. The van der Waals surface area contributed by atoms with E-state index in [4.69, 9.17) is 0 Å². The van der Waals surface area contributed by atoms with Crippen LogP contribution in [0.2, 0.25) is 0 Å². The summed E-state index contributed by atoms with van der Waals surface area (Å²) in [4.78, 5) is 29.8. The molecule has 154 valence electrons. The van der Waals surface area contributed by atoms with Gasteiger partial charge in [0.05, 0.1) is 12.1 Å². The first kappa shape index (κ1) is 19.7. The zero-order valence-corrected chi connectivity index (χ0v) is 17.1. The predicted octanol–water partition coefficient (Wildman–Crippen LogP) is 3.06. The van der Waals surface area contributed by atoms with Gasteiger partial charge in [-0.3, -0.25) is 14.3 Å². The Balaban J connectivity index is 1.63. The molecule has 0 unspecified atom stereocenters. The topological polar surface area (TPSA) is 58.4 Å². The van der Waals surface area contributed by atoms with Crippen molar-refractivity contribution in [2.45, 2.75) is 63.6 Å². The number of aryl methyl sites for hydroxylation is 1. The molecular formula is C23H30N4O2. The van der Waals surface area contributed by atoms with Gasteiger partial charge in [0.2, 0.25) is 11.8 Å². The minimum absolute atomic E-state index is 0.0441. The number of hydrogen-bond donors (Lipinski definition) is 0. The third-order valence-electron chi connectivity index (χ3n) is 6.46. The summed E-state index contributed by atoms with van der Waals surface area (Å²) in [6, 6.07) is 12.5. The van der Waals surface area contributed by atoms with E-state index in [1.165, 1.54) is 5.56 Å². The molecule has 2 aromatic rings. The van der Waals surface area contributed by atoms with Crippen molar-refractivity contribution >= 4 is 11.8 Å². The van der Waals surface area contributed by atoms with Gasteiger partial charge < -0.3 is 9.80 Å². The lowest BCUT2D eigenvalue weighted by Gasteiger charge is -2.49. The molecule has 2 amide bonds. The molecule has 6 heteroatoms. The van der Waals surface area contributed by atoms with E-state index < -0.39 is 0 Å². The maximum Gasteiger partial charge on any atom is 0.224 e. The van der Waals surface area contributed by atoms with Gasteiger partial charge in [0.25, 0.3) is 0 Å². The van der Waals surface area contributed by atoms with E-state index in [0.717, 1.165) is 38.8 Å². The first-order chi connectivity index (χ1) is 14.1. The van der Waals surface area contributed by atoms with Crippen LogP contribution < -0.4 is 0 Å². The van der Waals surface area contributed by atoms with Crippen LogP contribution in [0.15, 0.2) is 48.8 Å². The minimum Gasteiger partial charge on any atom is -0.338 e. The van der Waals surface area contributed by atoms with Gasteiger partial charge in [-0.25, -0.2) is 0 Å². The average Bonchev–Trinajstić information content (AvgIpc) is 3.16. The van der Waals surface area contributed by atoms with Gasteiger partial charge in [-0.05, 0) is 37.3 Å². The van der Waals surface area contributed by atoms with E-state index in [1.54, 1.807) is 13.1 Å². The summed E-state index contributed by atoms with van der Waals surface area (Å²) >= 11 is 0. The Hall–Kier alpha value is -2.63. The number of nitrogens with zero attached hydrogens (tertiary/aromatic N) is 4. The summed E-state index contributed by atoms with van der Waals surface area (Å²) in [5, 5.41) is 4.22. The third-order valence-corrected chi connectivity index (χ3v) is 6.46. The summed E-state index contributed by atoms with van der Waals surface area (Å²) in [5.74, 6) is 0.560. The summed E-state index contributed by atoms with van der Waals surface area (Å²) in [6.07, 6.45) is 7.98. The number of rotatable bonds is 4. The Labute approximate surface area is 172 Å². The van der Waals surface area contributed by atoms with Gasteiger partial charge in [0.15, 0.2) is 0 Å². The third kappa shape index (κ3) is 4.21. The standard InChI is InChI=1S/C23H30N4O2/c1-18(28)26-17-11-20(19-8-3-2-4-9-19)23-21(26)10-5-6-15-27(23)22(29)12-16-25-14-7-13-24-25/h2-4,7-9,13-14,20-21,23H,5-6,10-12,15-17H2,1H3/t20-,21-,23-/m1/s1. The highest BCUT2D eigenvalue weighted by Crippen LogP contribution is 2.39. The zero-order valence-electron chi connectivity index (χ0n) is 17.1. The van der Waals surface area contributed by atoms with E-state index in [-0.39, 0.29) is 29.8 Å². The molecule has 29 heavy (non-hydrogen) atoms. The highest BCUT2D eigenvalue weighted by molar-refractivity contribution is 5.77. The maximum atomic E-state index is 13.3. The van der Waals surface area contributed by atoms with Crippen LogP contribution in [-0.2, 0) is 16.1 Å². The summed E-state index contributed by atoms with van der Waals surface area (Å²) < 4.78 is 1.81. The van der Waals surface area contributed by atoms with Crippen LogP contribution in [0.25, 0.3) is 0 Å². The SMILES string of the molecule is CC(=O)N1CC[C@H](c2ccccc2)[C@@H]2[C@H]1CCCCN2C(=O)CCn1cccn1. The fraction of sp³-hybridized carbons (Fsp3) is 0.522. The molecule has 2 fully saturated rings. The Morgan fingerprint density at radius 1 is 1.03 bits per heavy atom. The van der Waals surface area contributed by atoms with E-state index in [0.29, 0.717) is 13.0 Å². The van der Waals surface area contributed by atoms with Gasteiger partial charge in [0.1, 0.15) is 0 Å². The molecule has 2 aliphatic heterocycles. The fourth-order valence-electron chi connectivity index (χ4n) is 5.14. The molecule has 2 saturated heterocycles. The number of fused-ring (bicyclic) bond motifs is 1. The zero-order chi connectivity index (χ0) is 20.2. The molecule has 0 aliphatic carbocycles. The highest BCUT2D eigenvalue weighted by atomic mass is 16.2. The monoisotopic (exact) mass is 394 g/mol. The van der Waals surface area contributed by atoms with Crippen LogP contribution in [0.3, 0.4) is 0 Å². The van der Waals surface area contributed by atoms with Crippen molar-refractivity contribution in [1.82, 2.24) is 19.6 Å². The van der Waals surface area contributed by atoms with Crippen LogP contribution >= 0.6 is 0 Å². The van der Waals surface area contributed by atoms with Crippen molar-refractivity contribution < 1.29 is 9.59 Å². The second kappa shape index (κ2) is 8.80. The predicted molar refractivity (Wildman–Crippen MR) is 111 cm³/mol. The van der Waals surface area contributed by atoms with Crippen LogP contribution in [-0.4, -0.2) is 56.6 Å². The smallest absolute Gasteiger partial charge is 0.224 e. The first-order valence-electron chi connectivity index (χ1n) is 10.7. The maximum absolute atomic E-state index is 13.3. The normalized spacial score (nSPS) is 24.7. The average molecular weight is 395 g/mol. The largest absolute Gasteiger partial charge is 0.338 e. The highest BCUT2D eigenvalue weighted by Gasteiger charge is 2.45. The lowest BCUT2D eigenvalue weighted by molar-refractivity contribution is -0.143. The van der Waals surface area contributed by atoms with Crippen LogP contribution in [0.5, 0.6) is 0 Å². The van der Waals surface area contributed by atoms with Crippen molar-refractivity contribution in [2.75, 3.05) is 13.1 Å². The molecule has 1 aromatic carbocycles. The van der Waals surface area contributed by atoms with Gasteiger partial charge in [0, 0.05) is 51.3 Å². The Morgan fingerprint density at radius 3 is 2.59 bits per heavy atom. The van der Waals surface area contributed by atoms with Crippen LogP contribution in [0.1, 0.15) is 50.5 Å². The molecule has 1 aromatic heterocycles. The molecular weight excluding hydrogens is 364 g/mol. The first-order valence-corrected chi connectivity index (χ1v) is 10.7. The molecule has 3 heterocycles. The summed E-state index contributed by atoms with van der Waals surface area (Å²) in [7, 11) is 0. The van der Waals surface area contributed by atoms with Crippen molar-refractivity contribution in [3.63, 3.8) is 0 Å². The van der Waals surface area contributed by atoms with Crippen molar-refractivity contribution in [1.29, 1.82) is 0 Å². The van der Waals surface area contributed by atoms with Crippen molar-refractivity contribution in [3.05, 3.63) is 54.4 Å². The van der Waals surface area contributed by atoms with E-state index in [2.05, 4.69) is 34.3 Å². The quantitative estimate of drug-likeness (QED) is 0.801. The molecule has 2 aliphatic rings. The number of carbonyl (C=O) groups is 2. The summed E-state index contributed by atoms with van der Waals surface area (Å²) in [6.45, 7) is 3.79. The Kier molecular flexibility index (Phi) is 5.97. The Morgan fingerprint density at radius 2 is 1.86 bits per heavy atom.